The van der Waals surface area contributed by atoms with E-state index in [1.165, 1.54) is 6.20 Å². The molecule has 2 saturated heterocycles. The Bertz CT molecular complexity index is 898. The van der Waals surface area contributed by atoms with Crippen LogP contribution < -0.4 is 9.64 Å². The van der Waals surface area contributed by atoms with E-state index in [4.69, 9.17) is 4.74 Å². The second-order valence-corrected chi connectivity index (χ2v) is 7.32. The van der Waals surface area contributed by atoms with Crippen molar-refractivity contribution in [1.29, 1.82) is 0 Å². The maximum absolute atomic E-state index is 12.8. The third-order valence-electron chi connectivity index (χ3n) is 5.38. The van der Waals surface area contributed by atoms with Crippen molar-refractivity contribution in [3.8, 4) is 5.75 Å². The van der Waals surface area contributed by atoms with Crippen LogP contribution in [0.4, 0.5) is 5.69 Å². The number of hydrogen-bond acceptors (Lipinski definition) is 5. The monoisotopic (exact) mass is 393 g/mol. The number of hydrogen-bond donors (Lipinski definition) is 0. The van der Waals surface area contributed by atoms with E-state index in [0.717, 1.165) is 24.9 Å². The summed E-state index contributed by atoms with van der Waals surface area (Å²) >= 11 is 0. The zero-order valence-electron chi connectivity index (χ0n) is 16.1. The van der Waals surface area contributed by atoms with Gasteiger partial charge in [0.25, 0.3) is 5.91 Å². The Morgan fingerprint density at radius 3 is 2.55 bits per heavy atom. The van der Waals surface area contributed by atoms with E-state index in [1.54, 1.807) is 52.4 Å². The van der Waals surface area contributed by atoms with Gasteiger partial charge in [-0.25, -0.2) is 4.79 Å². The summed E-state index contributed by atoms with van der Waals surface area (Å²) in [6.45, 7) is 1.23. The van der Waals surface area contributed by atoms with Gasteiger partial charge in [0.15, 0.2) is 0 Å². The summed E-state index contributed by atoms with van der Waals surface area (Å²) < 4.78 is 5.56. The first-order chi connectivity index (χ1) is 14.1. The quantitative estimate of drug-likeness (QED) is 0.589. The smallest absolute Gasteiger partial charge is 0.334 e. The van der Waals surface area contributed by atoms with Gasteiger partial charge in [0.2, 0.25) is 5.91 Å². The molecule has 3 heterocycles. The van der Waals surface area contributed by atoms with Crippen molar-refractivity contribution < 1.29 is 19.1 Å². The second kappa shape index (κ2) is 8.43. The largest absolute Gasteiger partial charge is 0.425 e. The van der Waals surface area contributed by atoms with Crippen LogP contribution in [0.3, 0.4) is 0 Å². The molecule has 7 nitrogen and oxygen atoms in total. The Hall–Kier alpha value is -3.22. The maximum Gasteiger partial charge on any atom is 0.334 e. The van der Waals surface area contributed by atoms with Crippen molar-refractivity contribution >= 4 is 23.5 Å². The highest BCUT2D eigenvalue weighted by Gasteiger charge is 2.34. The molecule has 2 aromatic rings. The number of rotatable bonds is 4. The number of ether oxygens (including phenoxy) is 1. The fourth-order valence-corrected chi connectivity index (χ4v) is 3.87. The van der Waals surface area contributed by atoms with Crippen molar-refractivity contribution in [3.63, 3.8) is 0 Å². The summed E-state index contributed by atoms with van der Waals surface area (Å²) in [4.78, 5) is 44.8. The second-order valence-electron chi connectivity index (χ2n) is 7.32. The van der Waals surface area contributed by atoms with Gasteiger partial charge in [-0.05, 0) is 62.1 Å². The van der Waals surface area contributed by atoms with E-state index in [9.17, 15) is 14.4 Å². The van der Waals surface area contributed by atoms with Crippen LogP contribution in [0.2, 0.25) is 0 Å². The summed E-state index contributed by atoms with van der Waals surface area (Å²) in [7, 11) is 0. The molecule has 7 heteroatoms. The molecule has 1 atom stereocenters. The minimum absolute atomic E-state index is 0.113. The predicted molar refractivity (Wildman–Crippen MR) is 107 cm³/mol. The summed E-state index contributed by atoms with van der Waals surface area (Å²) in [5, 5.41) is 0. The number of aromatic nitrogens is 1. The third kappa shape index (κ3) is 4.13. The van der Waals surface area contributed by atoms with Crippen LogP contribution in [0.5, 0.6) is 5.75 Å². The van der Waals surface area contributed by atoms with Crippen molar-refractivity contribution in [3.05, 3.63) is 54.4 Å². The van der Waals surface area contributed by atoms with Gasteiger partial charge in [0.05, 0.1) is 5.56 Å². The molecule has 2 aliphatic rings. The molecule has 0 spiro atoms. The van der Waals surface area contributed by atoms with Gasteiger partial charge >= 0.3 is 5.97 Å². The lowest BCUT2D eigenvalue weighted by Crippen LogP contribution is -2.49. The van der Waals surface area contributed by atoms with Crippen molar-refractivity contribution in [2.45, 2.75) is 38.1 Å². The van der Waals surface area contributed by atoms with Crippen molar-refractivity contribution in [1.82, 2.24) is 9.88 Å². The number of anilines is 1. The summed E-state index contributed by atoms with van der Waals surface area (Å²) in [5.41, 5.74) is 1.27. The van der Waals surface area contributed by atoms with Crippen LogP contribution in [0.1, 0.15) is 42.5 Å². The highest BCUT2D eigenvalue weighted by Crippen LogP contribution is 2.26. The van der Waals surface area contributed by atoms with Gasteiger partial charge in [-0.2, -0.15) is 0 Å². The van der Waals surface area contributed by atoms with Crippen LogP contribution in [-0.4, -0.2) is 46.8 Å². The van der Waals surface area contributed by atoms with E-state index in [0.29, 0.717) is 37.2 Å². The standard InChI is InChI=1S/C22H23N3O4/c26-20-7-4-14-24(20)17-8-10-18(11-9-17)29-22(28)19-6-1-2-13-25(19)21(27)16-5-3-12-23-15-16/h3,5,8-12,15,19H,1-2,4,6-7,13-14H2. The fraction of sp³-hybridized carbons (Fsp3) is 0.364. The van der Waals surface area contributed by atoms with Crippen LogP contribution in [0, 0.1) is 0 Å². The molecule has 2 fully saturated rings. The van der Waals surface area contributed by atoms with Gasteiger partial charge in [-0.1, -0.05) is 0 Å². The highest BCUT2D eigenvalue weighted by molar-refractivity contribution is 5.97. The molecule has 29 heavy (non-hydrogen) atoms. The lowest BCUT2D eigenvalue weighted by atomic mass is 10.0. The molecule has 150 valence electrons. The Labute approximate surface area is 169 Å². The number of carbonyl (C=O) groups is 3. The molecule has 4 rings (SSSR count). The molecule has 1 aromatic carbocycles. The average molecular weight is 393 g/mol. The van der Waals surface area contributed by atoms with E-state index in [2.05, 4.69) is 4.98 Å². The first kappa shape index (κ1) is 19.1. The summed E-state index contributed by atoms with van der Waals surface area (Å²) in [6.07, 6.45) is 6.85. The fourth-order valence-electron chi connectivity index (χ4n) is 3.87. The SMILES string of the molecule is O=C(Oc1ccc(N2CCCC2=O)cc1)C1CCCCN1C(=O)c1cccnc1. The number of pyridine rings is 1. The zero-order chi connectivity index (χ0) is 20.2. The number of esters is 1. The van der Waals surface area contributed by atoms with Crippen LogP contribution in [0.25, 0.3) is 0 Å². The molecule has 1 aromatic heterocycles. The minimum Gasteiger partial charge on any atom is -0.425 e. The van der Waals surface area contributed by atoms with Crippen molar-refractivity contribution in [2.24, 2.45) is 0 Å². The molecule has 0 aliphatic carbocycles. The Kier molecular flexibility index (Phi) is 5.55. The van der Waals surface area contributed by atoms with E-state index in [-0.39, 0.29) is 11.8 Å². The van der Waals surface area contributed by atoms with Gasteiger partial charge in [-0.15, -0.1) is 0 Å². The lowest BCUT2D eigenvalue weighted by molar-refractivity contribution is -0.140. The van der Waals surface area contributed by atoms with Crippen molar-refractivity contribution in [2.75, 3.05) is 18.0 Å². The van der Waals surface area contributed by atoms with Gasteiger partial charge in [0.1, 0.15) is 11.8 Å². The Balaban J connectivity index is 1.45. The number of piperidine rings is 1. The molecule has 2 amide bonds. The molecule has 0 saturated carbocycles. The van der Waals surface area contributed by atoms with E-state index in [1.807, 2.05) is 0 Å². The highest BCUT2D eigenvalue weighted by atomic mass is 16.5. The summed E-state index contributed by atoms with van der Waals surface area (Å²) in [5.74, 6) is -0.124. The normalized spacial score (nSPS) is 19.3. The average Bonchev–Trinajstić information content (AvgIpc) is 3.20. The van der Waals surface area contributed by atoms with Crippen LogP contribution >= 0.6 is 0 Å². The zero-order valence-corrected chi connectivity index (χ0v) is 16.1. The number of benzene rings is 1. The molecule has 0 bridgehead atoms. The lowest BCUT2D eigenvalue weighted by Gasteiger charge is -2.34. The maximum atomic E-state index is 12.8. The molecule has 0 radical (unpaired) electrons. The molecule has 2 aliphatic heterocycles. The Morgan fingerprint density at radius 2 is 1.86 bits per heavy atom. The number of amides is 2. The topological polar surface area (TPSA) is 79.8 Å². The predicted octanol–water partition coefficient (Wildman–Crippen LogP) is 2.81. The number of likely N-dealkylation sites (tertiary alicyclic amines) is 1. The van der Waals surface area contributed by atoms with Crippen LogP contribution in [0.15, 0.2) is 48.8 Å². The van der Waals surface area contributed by atoms with Gasteiger partial charge in [-0.3, -0.25) is 14.6 Å². The van der Waals surface area contributed by atoms with Crippen LogP contribution in [-0.2, 0) is 9.59 Å². The molecule has 0 N–H and O–H groups in total. The first-order valence-corrected chi connectivity index (χ1v) is 9.96. The minimum atomic E-state index is -0.615. The summed E-state index contributed by atoms with van der Waals surface area (Å²) in [6, 6.07) is 9.73. The van der Waals surface area contributed by atoms with Gasteiger partial charge in [0, 0.05) is 37.6 Å². The van der Waals surface area contributed by atoms with Gasteiger partial charge < -0.3 is 14.5 Å². The number of carbonyl (C=O) groups excluding carboxylic acids is 3. The molecule has 1 unspecified atom stereocenters. The molecular weight excluding hydrogens is 370 g/mol. The first-order valence-electron chi connectivity index (χ1n) is 9.96. The third-order valence-corrected chi connectivity index (χ3v) is 5.38. The molecular formula is C22H23N3O4. The number of nitrogens with zero attached hydrogens (tertiary/aromatic N) is 3. The van der Waals surface area contributed by atoms with E-state index < -0.39 is 12.0 Å². The van der Waals surface area contributed by atoms with E-state index >= 15 is 0 Å². The Morgan fingerprint density at radius 1 is 1.03 bits per heavy atom.